The lowest BCUT2D eigenvalue weighted by Gasteiger charge is -2.18. The summed E-state index contributed by atoms with van der Waals surface area (Å²) in [5.74, 6) is 0.943. The Hall–Kier alpha value is -1.69. The van der Waals surface area contributed by atoms with Crippen LogP contribution in [0.5, 0.6) is 0 Å². The molecule has 0 bridgehead atoms. The Balaban J connectivity index is 2.52. The van der Waals surface area contributed by atoms with Gasteiger partial charge in [-0.1, -0.05) is 37.3 Å². The fourth-order valence-electron chi connectivity index (χ4n) is 1.81. The highest BCUT2D eigenvalue weighted by molar-refractivity contribution is 7.99. The Labute approximate surface area is 129 Å². The van der Waals surface area contributed by atoms with E-state index in [2.05, 4.69) is 17.6 Å². The van der Waals surface area contributed by atoms with Gasteiger partial charge in [-0.2, -0.15) is 11.8 Å². The van der Waals surface area contributed by atoms with E-state index >= 15 is 0 Å². The highest BCUT2D eigenvalue weighted by atomic mass is 32.2. The van der Waals surface area contributed by atoms with Crippen LogP contribution in [0.15, 0.2) is 30.3 Å². The number of hydrogen-bond donors (Lipinski definition) is 3. The summed E-state index contributed by atoms with van der Waals surface area (Å²) in [7, 11) is 0. The number of hydrogen-bond acceptors (Lipinski definition) is 3. The molecule has 0 heterocycles. The molecule has 116 valence electrons. The van der Waals surface area contributed by atoms with Crippen molar-refractivity contribution in [2.24, 2.45) is 0 Å². The molecule has 0 aliphatic heterocycles. The number of rotatable bonds is 8. The molecule has 1 aromatic carbocycles. The smallest absolute Gasteiger partial charge is 0.330 e. The fraction of sp³-hybridized carbons (Fsp3) is 0.467. The molecule has 0 aliphatic rings. The van der Waals surface area contributed by atoms with Gasteiger partial charge in [0.15, 0.2) is 6.04 Å². The molecule has 0 spiro atoms. The van der Waals surface area contributed by atoms with Gasteiger partial charge in [0.25, 0.3) is 0 Å². The average Bonchev–Trinajstić information content (AvgIpc) is 2.45. The fourth-order valence-corrected chi connectivity index (χ4v) is 2.62. The monoisotopic (exact) mass is 310 g/mol. The number of urea groups is 1. The van der Waals surface area contributed by atoms with Crippen molar-refractivity contribution in [2.75, 3.05) is 11.5 Å². The predicted molar refractivity (Wildman–Crippen MR) is 85.6 cm³/mol. The van der Waals surface area contributed by atoms with Gasteiger partial charge in [0.05, 0.1) is 0 Å². The molecule has 3 N–H and O–H groups in total. The van der Waals surface area contributed by atoms with Gasteiger partial charge >= 0.3 is 12.0 Å². The molecule has 1 unspecified atom stereocenters. The van der Waals surface area contributed by atoms with Crippen LogP contribution in [-0.2, 0) is 4.79 Å². The van der Waals surface area contributed by atoms with E-state index in [9.17, 15) is 14.7 Å². The van der Waals surface area contributed by atoms with Gasteiger partial charge in [-0.3, -0.25) is 0 Å². The van der Waals surface area contributed by atoms with Crippen LogP contribution >= 0.6 is 11.8 Å². The van der Waals surface area contributed by atoms with Gasteiger partial charge in [-0.25, -0.2) is 9.59 Å². The summed E-state index contributed by atoms with van der Waals surface area (Å²) in [6.45, 7) is 4.00. The van der Waals surface area contributed by atoms with Crippen LogP contribution in [0.2, 0.25) is 0 Å². The Morgan fingerprint density at radius 1 is 1.24 bits per heavy atom. The number of carboxylic acid groups (broad SMARTS) is 1. The maximum Gasteiger partial charge on any atom is 0.330 e. The normalized spacial score (nSPS) is 13.2. The second-order valence-corrected chi connectivity index (χ2v) is 6.08. The first kappa shape index (κ1) is 17.4. The van der Waals surface area contributed by atoms with Crippen molar-refractivity contribution in [1.29, 1.82) is 0 Å². The molecule has 2 atom stereocenters. The summed E-state index contributed by atoms with van der Waals surface area (Å²) < 4.78 is 0. The number of benzene rings is 1. The van der Waals surface area contributed by atoms with E-state index in [0.29, 0.717) is 5.56 Å². The average molecular weight is 310 g/mol. The molecule has 21 heavy (non-hydrogen) atoms. The SMILES string of the molecule is CCSCCC(C)NC(=O)N[C@H](C(=O)O)c1ccccc1. The maximum atomic E-state index is 11.9. The number of carboxylic acids is 1. The second kappa shape index (κ2) is 9.28. The van der Waals surface area contributed by atoms with Crippen LogP contribution in [0.25, 0.3) is 0 Å². The lowest BCUT2D eigenvalue weighted by atomic mass is 10.1. The zero-order valence-corrected chi connectivity index (χ0v) is 13.2. The molecule has 1 rings (SSSR count). The highest BCUT2D eigenvalue weighted by Crippen LogP contribution is 2.12. The largest absolute Gasteiger partial charge is 0.479 e. The van der Waals surface area contributed by atoms with Gasteiger partial charge in [0.1, 0.15) is 0 Å². The molecule has 0 aromatic heterocycles. The molecular weight excluding hydrogens is 288 g/mol. The first-order valence-electron chi connectivity index (χ1n) is 6.97. The van der Waals surface area contributed by atoms with Crippen molar-refractivity contribution < 1.29 is 14.7 Å². The van der Waals surface area contributed by atoms with Crippen molar-refractivity contribution in [3.05, 3.63) is 35.9 Å². The Kier molecular flexibility index (Phi) is 7.68. The lowest BCUT2D eigenvalue weighted by Crippen LogP contribution is -2.44. The molecule has 0 saturated heterocycles. The Morgan fingerprint density at radius 3 is 2.48 bits per heavy atom. The van der Waals surface area contributed by atoms with E-state index in [-0.39, 0.29) is 6.04 Å². The van der Waals surface area contributed by atoms with Gasteiger partial charge in [0.2, 0.25) is 0 Å². The molecule has 1 aromatic rings. The summed E-state index contributed by atoms with van der Waals surface area (Å²) in [5.41, 5.74) is 0.550. The van der Waals surface area contributed by atoms with Gasteiger partial charge < -0.3 is 15.7 Å². The van der Waals surface area contributed by atoms with Crippen molar-refractivity contribution in [3.8, 4) is 0 Å². The van der Waals surface area contributed by atoms with Crippen LogP contribution < -0.4 is 10.6 Å². The van der Waals surface area contributed by atoms with E-state index < -0.39 is 18.0 Å². The van der Waals surface area contributed by atoms with Gasteiger partial charge in [-0.15, -0.1) is 0 Å². The third-order valence-electron chi connectivity index (χ3n) is 2.93. The first-order chi connectivity index (χ1) is 10.0. The van der Waals surface area contributed by atoms with E-state index in [1.165, 1.54) is 0 Å². The molecule has 0 saturated carbocycles. The third kappa shape index (κ3) is 6.53. The molecule has 0 fully saturated rings. The number of aliphatic carboxylic acids is 1. The zero-order chi connectivity index (χ0) is 15.7. The van der Waals surface area contributed by atoms with Crippen molar-refractivity contribution >= 4 is 23.8 Å². The zero-order valence-electron chi connectivity index (χ0n) is 12.3. The Bertz CT molecular complexity index is 453. The molecular formula is C15H22N2O3S. The molecule has 0 radical (unpaired) electrons. The number of carbonyl (C=O) groups excluding carboxylic acids is 1. The van der Waals surface area contributed by atoms with Gasteiger partial charge in [0, 0.05) is 6.04 Å². The first-order valence-corrected chi connectivity index (χ1v) is 8.12. The standard InChI is InChI=1S/C15H22N2O3S/c1-3-21-10-9-11(2)16-15(20)17-13(14(18)19)12-7-5-4-6-8-12/h4-8,11,13H,3,9-10H2,1-2H3,(H,18,19)(H2,16,17,20)/t11?,13-/m0/s1. The lowest BCUT2D eigenvalue weighted by molar-refractivity contribution is -0.139. The summed E-state index contributed by atoms with van der Waals surface area (Å²) in [4.78, 5) is 23.2. The second-order valence-electron chi connectivity index (χ2n) is 4.69. The Morgan fingerprint density at radius 2 is 1.90 bits per heavy atom. The van der Waals surface area contributed by atoms with Crippen LogP contribution in [0, 0.1) is 0 Å². The van der Waals surface area contributed by atoms with Crippen molar-refractivity contribution in [3.63, 3.8) is 0 Å². The van der Waals surface area contributed by atoms with Crippen molar-refractivity contribution in [2.45, 2.75) is 32.4 Å². The minimum absolute atomic E-state index is 0.00858. The van der Waals surface area contributed by atoms with Crippen LogP contribution in [0.3, 0.4) is 0 Å². The summed E-state index contributed by atoms with van der Waals surface area (Å²) >= 11 is 1.81. The van der Waals surface area contributed by atoms with Crippen LogP contribution in [0.4, 0.5) is 4.79 Å². The summed E-state index contributed by atoms with van der Waals surface area (Å²) in [6.07, 6.45) is 0.856. The van der Waals surface area contributed by atoms with Gasteiger partial charge in [-0.05, 0) is 30.4 Å². The summed E-state index contributed by atoms with van der Waals surface area (Å²) in [5, 5.41) is 14.5. The van der Waals surface area contributed by atoms with Crippen LogP contribution in [-0.4, -0.2) is 34.7 Å². The topological polar surface area (TPSA) is 78.4 Å². The maximum absolute atomic E-state index is 11.9. The number of carbonyl (C=O) groups is 2. The number of nitrogens with one attached hydrogen (secondary N) is 2. The quantitative estimate of drug-likeness (QED) is 0.645. The minimum atomic E-state index is -1.08. The third-order valence-corrected chi connectivity index (χ3v) is 3.86. The predicted octanol–water partition coefficient (Wildman–Crippen LogP) is 2.64. The van der Waals surface area contributed by atoms with E-state index in [0.717, 1.165) is 17.9 Å². The molecule has 2 amide bonds. The highest BCUT2D eigenvalue weighted by Gasteiger charge is 2.22. The minimum Gasteiger partial charge on any atom is -0.479 e. The molecule has 6 heteroatoms. The molecule has 5 nitrogen and oxygen atoms in total. The van der Waals surface area contributed by atoms with Crippen LogP contribution in [0.1, 0.15) is 31.9 Å². The number of thioether (sulfide) groups is 1. The van der Waals surface area contributed by atoms with E-state index in [1.807, 2.05) is 18.7 Å². The van der Waals surface area contributed by atoms with E-state index in [4.69, 9.17) is 0 Å². The summed E-state index contributed by atoms with van der Waals surface area (Å²) in [6, 6.07) is 7.17. The number of amides is 2. The van der Waals surface area contributed by atoms with E-state index in [1.54, 1.807) is 30.3 Å². The van der Waals surface area contributed by atoms with Crippen molar-refractivity contribution in [1.82, 2.24) is 10.6 Å². The molecule has 0 aliphatic carbocycles.